The molecule has 22 heavy (non-hydrogen) atoms. The number of fused-ring (bicyclic) bond motifs is 2. The average molecular weight is 294 g/mol. The predicted molar refractivity (Wildman–Crippen MR) is 80.0 cm³/mol. The maximum atomic E-state index is 6.11. The summed E-state index contributed by atoms with van der Waals surface area (Å²) in [7, 11) is 0. The zero-order valence-electron chi connectivity index (χ0n) is 12.4. The SMILES string of the molecule is c1cc(CN2CC3(C2)OCc2nc(C4CC4)ncc23)ccn1. The molecule has 1 saturated carbocycles. The van der Waals surface area contributed by atoms with Gasteiger partial charge in [0.25, 0.3) is 0 Å². The second-order valence-corrected chi connectivity index (χ2v) is 6.65. The van der Waals surface area contributed by atoms with E-state index in [0.717, 1.165) is 31.2 Å². The summed E-state index contributed by atoms with van der Waals surface area (Å²) in [6, 6.07) is 4.14. The van der Waals surface area contributed by atoms with Crippen molar-refractivity contribution in [3.05, 3.63) is 53.4 Å². The second kappa shape index (κ2) is 4.57. The van der Waals surface area contributed by atoms with Crippen LogP contribution in [0.25, 0.3) is 0 Å². The van der Waals surface area contributed by atoms with Crippen molar-refractivity contribution < 1.29 is 4.74 Å². The van der Waals surface area contributed by atoms with Gasteiger partial charge in [-0.3, -0.25) is 9.88 Å². The number of aromatic nitrogens is 3. The molecule has 1 aliphatic carbocycles. The van der Waals surface area contributed by atoms with Crippen LogP contribution in [0.2, 0.25) is 0 Å². The van der Waals surface area contributed by atoms with Crippen molar-refractivity contribution >= 4 is 0 Å². The summed E-state index contributed by atoms with van der Waals surface area (Å²) < 4.78 is 6.11. The maximum Gasteiger partial charge on any atom is 0.131 e. The van der Waals surface area contributed by atoms with E-state index in [1.165, 1.54) is 24.0 Å². The predicted octanol–water partition coefficient (Wildman–Crippen LogP) is 1.99. The Morgan fingerprint density at radius 1 is 1.23 bits per heavy atom. The van der Waals surface area contributed by atoms with Crippen LogP contribution >= 0.6 is 0 Å². The van der Waals surface area contributed by atoms with E-state index in [-0.39, 0.29) is 5.60 Å². The van der Waals surface area contributed by atoms with Gasteiger partial charge in [-0.25, -0.2) is 9.97 Å². The summed E-state index contributed by atoms with van der Waals surface area (Å²) in [5.41, 5.74) is 3.46. The van der Waals surface area contributed by atoms with Crippen LogP contribution in [0.15, 0.2) is 30.7 Å². The number of hydrogen-bond acceptors (Lipinski definition) is 5. The lowest BCUT2D eigenvalue weighted by Crippen LogP contribution is -2.58. The Kier molecular flexibility index (Phi) is 2.63. The van der Waals surface area contributed by atoms with E-state index in [9.17, 15) is 0 Å². The molecule has 0 aromatic carbocycles. The summed E-state index contributed by atoms with van der Waals surface area (Å²) in [5.74, 6) is 1.62. The van der Waals surface area contributed by atoms with Crippen molar-refractivity contribution in [1.82, 2.24) is 19.9 Å². The molecule has 0 N–H and O–H groups in total. The molecule has 2 aliphatic heterocycles. The van der Waals surface area contributed by atoms with Gasteiger partial charge in [0.15, 0.2) is 0 Å². The van der Waals surface area contributed by atoms with Crippen LogP contribution in [0, 0.1) is 0 Å². The zero-order chi connectivity index (χ0) is 14.6. The molecule has 5 rings (SSSR count). The highest BCUT2D eigenvalue weighted by Crippen LogP contribution is 2.44. The Morgan fingerprint density at radius 2 is 2.05 bits per heavy atom. The van der Waals surface area contributed by atoms with Crippen LogP contribution in [-0.4, -0.2) is 32.9 Å². The first-order chi connectivity index (χ1) is 10.8. The van der Waals surface area contributed by atoms with Crippen molar-refractivity contribution in [2.45, 2.75) is 37.5 Å². The Labute approximate surface area is 129 Å². The lowest BCUT2D eigenvalue weighted by molar-refractivity contribution is -0.145. The largest absolute Gasteiger partial charge is 0.361 e. The number of rotatable bonds is 3. The Morgan fingerprint density at radius 3 is 2.82 bits per heavy atom. The van der Waals surface area contributed by atoms with Crippen LogP contribution in [-0.2, 0) is 23.5 Å². The van der Waals surface area contributed by atoms with Crippen molar-refractivity contribution in [2.75, 3.05) is 13.1 Å². The van der Waals surface area contributed by atoms with Crippen molar-refractivity contribution in [3.63, 3.8) is 0 Å². The molecule has 3 aliphatic rings. The quantitative estimate of drug-likeness (QED) is 0.866. The van der Waals surface area contributed by atoms with Gasteiger partial charge in [-0.05, 0) is 30.5 Å². The molecular weight excluding hydrogens is 276 g/mol. The first kappa shape index (κ1) is 12.7. The Bertz CT molecular complexity index is 708. The fraction of sp³-hybridized carbons (Fsp3) is 0.471. The zero-order valence-corrected chi connectivity index (χ0v) is 12.4. The number of nitrogens with zero attached hydrogens (tertiary/aromatic N) is 4. The van der Waals surface area contributed by atoms with Crippen molar-refractivity contribution in [2.24, 2.45) is 0 Å². The van der Waals surface area contributed by atoms with E-state index in [1.807, 2.05) is 18.6 Å². The number of pyridine rings is 1. The molecule has 0 atom stereocenters. The van der Waals surface area contributed by atoms with Crippen LogP contribution in [0.1, 0.15) is 41.4 Å². The third kappa shape index (κ3) is 1.96. The third-order valence-electron chi connectivity index (χ3n) is 4.92. The topological polar surface area (TPSA) is 51.1 Å². The number of likely N-dealkylation sites (tertiary alicyclic amines) is 1. The minimum absolute atomic E-state index is 0.162. The standard InChI is InChI=1S/C17H18N4O/c1-2-13(1)16-19-7-14-15(20-16)9-22-17(14)10-21(11-17)8-12-3-5-18-6-4-12/h3-7,13H,1-2,8-11H2. The maximum absolute atomic E-state index is 6.11. The summed E-state index contributed by atoms with van der Waals surface area (Å²) in [6.07, 6.45) is 8.20. The molecule has 0 unspecified atom stereocenters. The second-order valence-electron chi connectivity index (χ2n) is 6.65. The van der Waals surface area contributed by atoms with Gasteiger partial charge in [-0.1, -0.05) is 0 Å². The molecule has 2 aromatic rings. The summed E-state index contributed by atoms with van der Waals surface area (Å²) in [5, 5.41) is 0. The summed E-state index contributed by atoms with van der Waals surface area (Å²) in [4.78, 5) is 15.8. The molecular formula is C17H18N4O. The molecule has 112 valence electrons. The normalized spacial score (nSPS) is 22.5. The van der Waals surface area contributed by atoms with Crippen LogP contribution in [0.4, 0.5) is 0 Å². The highest BCUT2D eigenvalue weighted by Gasteiger charge is 2.51. The van der Waals surface area contributed by atoms with E-state index < -0.39 is 0 Å². The lowest BCUT2D eigenvalue weighted by Gasteiger charge is -2.47. The highest BCUT2D eigenvalue weighted by molar-refractivity contribution is 5.33. The molecule has 5 heteroatoms. The van der Waals surface area contributed by atoms with Gasteiger partial charge in [0, 0.05) is 49.7 Å². The fourth-order valence-corrected chi connectivity index (χ4v) is 3.54. The van der Waals surface area contributed by atoms with Gasteiger partial charge in [-0.15, -0.1) is 0 Å². The van der Waals surface area contributed by atoms with Crippen molar-refractivity contribution in [1.29, 1.82) is 0 Å². The first-order valence-corrected chi connectivity index (χ1v) is 7.94. The van der Waals surface area contributed by atoms with Crippen molar-refractivity contribution in [3.8, 4) is 0 Å². The van der Waals surface area contributed by atoms with Gasteiger partial charge < -0.3 is 4.74 Å². The summed E-state index contributed by atoms with van der Waals surface area (Å²) >= 11 is 0. The number of hydrogen-bond donors (Lipinski definition) is 0. The Balaban J connectivity index is 1.32. The minimum atomic E-state index is -0.162. The molecule has 0 bridgehead atoms. The van der Waals surface area contributed by atoms with E-state index in [1.54, 1.807) is 0 Å². The molecule has 0 amide bonds. The molecule has 0 radical (unpaired) electrons. The third-order valence-corrected chi connectivity index (χ3v) is 4.92. The van der Waals surface area contributed by atoms with E-state index in [4.69, 9.17) is 9.72 Å². The van der Waals surface area contributed by atoms with Gasteiger partial charge in [0.2, 0.25) is 0 Å². The highest BCUT2D eigenvalue weighted by atomic mass is 16.5. The van der Waals surface area contributed by atoms with E-state index in [2.05, 4.69) is 27.0 Å². The molecule has 2 aromatic heterocycles. The fourth-order valence-electron chi connectivity index (χ4n) is 3.54. The number of ether oxygens (including phenoxy) is 1. The average Bonchev–Trinajstić information content (AvgIpc) is 3.30. The first-order valence-electron chi connectivity index (χ1n) is 7.94. The lowest BCUT2D eigenvalue weighted by atomic mass is 9.87. The van der Waals surface area contributed by atoms with E-state index >= 15 is 0 Å². The van der Waals surface area contributed by atoms with Crippen LogP contribution in [0.5, 0.6) is 0 Å². The van der Waals surface area contributed by atoms with Crippen LogP contribution < -0.4 is 0 Å². The van der Waals surface area contributed by atoms with E-state index in [0.29, 0.717) is 12.5 Å². The molecule has 4 heterocycles. The molecule has 2 fully saturated rings. The Hall–Kier alpha value is -1.85. The van der Waals surface area contributed by atoms with Crippen LogP contribution in [0.3, 0.4) is 0 Å². The van der Waals surface area contributed by atoms with Gasteiger partial charge in [0.05, 0.1) is 12.3 Å². The monoisotopic (exact) mass is 294 g/mol. The summed E-state index contributed by atoms with van der Waals surface area (Å²) in [6.45, 7) is 3.44. The van der Waals surface area contributed by atoms with Gasteiger partial charge >= 0.3 is 0 Å². The molecule has 1 spiro atoms. The minimum Gasteiger partial charge on any atom is -0.361 e. The van der Waals surface area contributed by atoms with Gasteiger partial charge in [-0.2, -0.15) is 0 Å². The molecule has 5 nitrogen and oxygen atoms in total. The smallest absolute Gasteiger partial charge is 0.131 e. The molecule has 1 saturated heterocycles. The van der Waals surface area contributed by atoms with Gasteiger partial charge in [0.1, 0.15) is 11.4 Å².